The van der Waals surface area contributed by atoms with Gasteiger partial charge in [0.15, 0.2) is 6.29 Å². The van der Waals surface area contributed by atoms with Crippen LogP contribution in [0.5, 0.6) is 0 Å². The minimum absolute atomic E-state index is 0.0737. The number of ether oxygens (including phenoxy) is 1. The lowest BCUT2D eigenvalue weighted by Gasteiger charge is -2.29. The molecule has 3 aromatic carbocycles. The van der Waals surface area contributed by atoms with E-state index in [9.17, 15) is 18.3 Å². The third-order valence-corrected chi connectivity index (χ3v) is 7.02. The van der Waals surface area contributed by atoms with Crippen molar-refractivity contribution in [3.8, 4) is 0 Å². The molecule has 0 aliphatic carbocycles. The van der Waals surface area contributed by atoms with Crippen LogP contribution in [0, 0.1) is 0 Å². The Hall–Kier alpha value is -2.74. The Morgan fingerprint density at radius 3 is 2.14 bits per heavy atom. The molecular formula is C29H27BrF3NO2. The molecule has 0 radical (unpaired) electrons. The quantitative estimate of drug-likeness (QED) is 0.221. The van der Waals surface area contributed by atoms with Crippen molar-refractivity contribution in [3.05, 3.63) is 111 Å². The summed E-state index contributed by atoms with van der Waals surface area (Å²) in [4.78, 5) is 4.45. The maximum absolute atomic E-state index is 13.2. The number of hydrogen-bond donors (Lipinski definition) is 1. The van der Waals surface area contributed by atoms with E-state index in [1.807, 2.05) is 42.5 Å². The number of aliphatic hydroxyl groups is 1. The van der Waals surface area contributed by atoms with Gasteiger partial charge in [0.05, 0.1) is 11.1 Å². The SMILES string of the molecule is CCCC(c1ccc(C(O)OC)cc1)C(c1ccc(Br)cc1)c1cnc2cc(C(F)(F)F)ccc2c1. The predicted octanol–water partition coefficient (Wildman–Crippen LogP) is 8.37. The van der Waals surface area contributed by atoms with E-state index in [0.29, 0.717) is 16.5 Å². The normalized spacial score (nSPS) is 14.5. The van der Waals surface area contributed by atoms with Gasteiger partial charge < -0.3 is 9.84 Å². The van der Waals surface area contributed by atoms with Gasteiger partial charge in [-0.25, -0.2) is 0 Å². The number of benzene rings is 3. The summed E-state index contributed by atoms with van der Waals surface area (Å²) in [6.45, 7) is 2.13. The maximum Gasteiger partial charge on any atom is 0.416 e. The van der Waals surface area contributed by atoms with Gasteiger partial charge in [0, 0.05) is 34.6 Å². The fourth-order valence-corrected chi connectivity index (χ4v) is 4.96. The Balaban J connectivity index is 1.82. The van der Waals surface area contributed by atoms with Crippen molar-refractivity contribution < 1.29 is 23.0 Å². The smallest absolute Gasteiger partial charge is 0.364 e. The molecular weight excluding hydrogens is 531 g/mol. The first-order chi connectivity index (χ1) is 17.2. The Morgan fingerprint density at radius 1 is 0.889 bits per heavy atom. The second-order valence-electron chi connectivity index (χ2n) is 8.85. The van der Waals surface area contributed by atoms with Gasteiger partial charge in [0.1, 0.15) is 0 Å². The molecule has 3 atom stereocenters. The van der Waals surface area contributed by atoms with Crippen LogP contribution in [0.25, 0.3) is 10.9 Å². The Kier molecular flexibility index (Phi) is 8.13. The molecule has 36 heavy (non-hydrogen) atoms. The van der Waals surface area contributed by atoms with Crippen LogP contribution in [0.2, 0.25) is 0 Å². The monoisotopic (exact) mass is 557 g/mol. The number of hydrogen-bond acceptors (Lipinski definition) is 3. The number of pyridine rings is 1. The second-order valence-corrected chi connectivity index (χ2v) is 9.77. The van der Waals surface area contributed by atoms with Crippen LogP contribution < -0.4 is 0 Å². The molecule has 3 nitrogen and oxygen atoms in total. The molecule has 0 spiro atoms. The topological polar surface area (TPSA) is 42.4 Å². The molecule has 0 aliphatic heterocycles. The van der Waals surface area contributed by atoms with Gasteiger partial charge >= 0.3 is 6.18 Å². The Bertz CT molecular complexity index is 1310. The van der Waals surface area contributed by atoms with Gasteiger partial charge in [-0.3, -0.25) is 4.98 Å². The van der Waals surface area contributed by atoms with Crippen molar-refractivity contribution in [2.24, 2.45) is 0 Å². The third kappa shape index (κ3) is 5.80. The molecule has 3 unspecified atom stereocenters. The highest BCUT2D eigenvalue weighted by Gasteiger charge is 2.31. The summed E-state index contributed by atoms with van der Waals surface area (Å²) in [5.41, 5.74) is 3.40. The van der Waals surface area contributed by atoms with E-state index in [2.05, 4.69) is 40.0 Å². The molecule has 0 saturated heterocycles. The van der Waals surface area contributed by atoms with E-state index in [4.69, 9.17) is 4.74 Å². The number of aromatic nitrogens is 1. The second kappa shape index (κ2) is 11.1. The number of alkyl halides is 3. The first-order valence-corrected chi connectivity index (χ1v) is 12.5. The van der Waals surface area contributed by atoms with Crippen LogP contribution in [0.15, 0.2) is 83.5 Å². The van der Waals surface area contributed by atoms with Crippen LogP contribution in [0.3, 0.4) is 0 Å². The van der Waals surface area contributed by atoms with E-state index in [0.717, 1.165) is 46.1 Å². The summed E-state index contributed by atoms with van der Waals surface area (Å²) in [6.07, 6.45) is -1.88. The molecule has 188 valence electrons. The maximum atomic E-state index is 13.2. The zero-order chi connectivity index (χ0) is 25.9. The predicted molar refractivity (Wildman–Crippen MR) is 139 cm³/mol. The standard InChI is InChI=1S/C29H27BrF3NO2/c1-3-4-25(18-5-7-20(8-6-18)28(35)36-2)27(19-10-13-24(30)14-11-19)22-15-21-9-12-23(29(31,32)33)16-26(21)34-17-22/h5-17,25,27-28,35H,3-4H2,1-2H3. The number of aliphatic hydroxyl groups excluding tert-OH is 1. The van der Waals surface area contributed by atoms with Crippen LogP contribution in [0.1, 0.15) is 65.7 Å². The molecule has 0 amide bonds. The highest BCUT2D eigenvalue weighted by Crippen LogP contribution is 2.42. The van der Waals surface area contributed by atoms with Crippen molar-refractivity contribution in [2.75, 3.05) is 7.11 Å². The summed E-state index contributed by atoms with van der Waals surface area (Å²) in [7, 11) is 1.45. The Labute approximate surface area is 217 Å². The molecule has 0 bridgehead atoms. The average Bonchev–Trinajstić information content (AvgIpc) is 2.88. The molecule has 1 N–H and O–H groups in total. The first-order valence-electron chi connectivity index (χ1n) is 11.7. The zero-order valence-corrected chi connectivity index (χ0v) is 21.6. The van der Waals surface area contributed by atoms with Gasteiger partial charge in [0.25, 0.3) is 0 Å². The van der Waals surface area contributed by atoms with Gasteiger partial charge in [-0.05, 0) is 59.4 Å². The molecule has 0 aliphatic rings. The van der Waals surface area contributed by atoms with Crippen molar-refractivity contribution >= 4 is 26.8 Å². The Morgan fingerprint density at radius 2 is 1.53 bits per heavy atom. The van der Waals surface area contributed by atoms with Gasteiger partial charge in [0.2, 0.25) is 0 Å². The van der Waals surface area contributed by atoms with E-state index in [1.165, 1.54) is 13.2 Å². The van der Waals surface area contributed by atoms with Crippen molar-refractivity contribution in [2.45, 2.75) is 44.1 Å². The minimum Gasteiger partial charge on any atom is -0.364 e. The summed E-state index contributed by atoms with van der Waals surface area (Å²) in [5.74, 6) is 0.00838. The average molecular weight is 558 g/mol. The lowest BCUT2D eigenvalue weighted by molar-refractivity contribution is -0.137. The van der Waals surface area contributed by atoms with E-state index >= 15 is 0 Å². The lowest BCUT2D eigenvalue weighted by atomic mass is 9.75. The summed E-state index contributed by atoms with van der Waals surface area (Å²) in [6, 6.07) is 21.5. The molecule has 4 rings (SSSR count). The van der Waals surface area contributed by atoms with E-state index < -0.39 is 18.0 Å². The minimum atomic E-state index is -4.41. The molecule has 7 heteroatoms. The fraction of sp³-hybridized carbons (Fsp3) is 0.276. The number of halogens is 4. The summed E-state index contributed by atoms with van der Waals surface area (Å²) >= 11 is 3.51. The summed E-state index contributed by atoms with van der Waals surface area (Å²) < 4.78 is 45.6. The van der Waals surface area contributed by atoms with E-state index in [1.54, 1.807) is 6.20 Å². The van der Waals surface area contributed by atoms with Crippen LogP contribution in [-0.4, -0.2) is 17.2 Å². The van der Waals surface area contributed by atoms with Crippen molar-refractivity contribution in [1.29, 1.82) is 0 Å². The van der Waals surface area contributed by atoms with Gasteiger partial charge in [-0.1, -0.05) is 71.7 Å². The van der Waals surface area contributed by atoms with Crippen molar-refractivity contribution in [3.63, 3.8) is 0 Å². The molecule has 0 saturated carbocycles. The number of methoxy groups -OCH3 is 1. The molecule has 1 heterocycles. The first kappa shape index (κ1) is 26.3. The molecule has 0 fully saturated rings. The molecule has 4 aromatic rings. The zero-order valence-electron chi connectivity index (χ0n) is 20.0. The molecule has 1 aromatic heterocycles. The highest BCUT2D eigenvalue weighted by molar-refractivity contribution is 9.10. The number of rotatable bonds is 8. The largest absolute Gasteiger partial charge is 0.416 e. The third-order valence-electron chi connectivity index (χ3n) is 6.50. The van der Waals surface area contributed by atoms with Gasteiger partial charge in [-0.2, -0.15) is 13.2 Å². The number of fused-ring (bicyclic) bond motifs is 1. The highest BCUT2D eigenvalue weighted by atomic mass is 79.9. The fourth-order valence-electron chi connectivity index (χ4n) is 4.69. The van der Waals surface area contributed by atoms with Crippen molar-refractivity contribution in [1.82, 2.24) is 4.98 Å². The van der Waals surface area contributed by atoms with E-state index in [-0.39, 0.29) is 11.8 Å². The van der Waals surface area contributed by atoms with Crippen LogP contribution in [0.4, 0.5) is 13.2 Å². The van der Waals surface area contributed by atoms with Crippen LogP contribution in [-0.2, 0) is 10.9 Å². The summed E-state index contributed by atoms with van der Waals surface area (Å²) in [5, 5.41) is 10.7. The lowest BCUT2D eigenvalue weighted by Crippen LogP contribution is -2.14. The van der Waals surface area contributed by atoms with Crippen LogP contribution >= 0.6 is 15.9 Å². The number of nitrogens with zero attached hydrogens (tertiary/aromatic N) is 1. The van der Waals surface area contributed by atoms with Gasteiger partial charge in [-0.15, -0.1) is 0 Å².